The van der Waals surface area contributed by atoms with Gasteiger partial charge in [0.1, 0.15) is 6.17 Å². The second-order valence-electron chi connectivity index (χ2n) is 9.00. The third kappa shape index (κ3) is 2.98. The summed E-state index contributed by atoms with van der Waals surface area (Å²) in [6.45, 7) is 0.652. The van der Waals surface area contributed by atoms with Crippen molar-refractivity contribution in [1.29, 1.82) is 0 Å². The van der Waals surface area contributed by atoms with Gasteiger partial charge in [0.25, 0.3) is 5.91 Å². The number of nitrogens with zero attached hydrogens (tertiary/aromatic N) is 4. The third-order valence-electron chi connectivity index (χ3n) is 7.17. The van der Waals surface area contributed by atoms with Crippen molar-refractivity contribution in [3.63, 3.8) is 0 Å². The molecule has 1 amide bonds. The first-order chi connectivity index (χ1) is 18.0. The Morgan fingerprint density at radius 1 is 1.08 bits per heavy atom. The zero-order valence-corrected chi connectivity index (χ0v) is 19.9. The minimum absolute atomic E-state index is 0.0886. The molecular weight excluding hydrogens is 502 g/mol. The molecule has 0 bridgehead atoms. The lowest BCUT2D eigenvalue weighted by molar-refractivity contribution is -0.0196. The second-order valence-corrected chi connectivity index (χ2v) is 9.86. The number of aromatic hydroxyl groups is 1. The van der Waals surface area contributed by atoms with Crippen LogP contribution in [0.25, 0.3) is 21.7 Å². The van der Waals surface area contributed by atoms with Gasteiger partial charge in [-0.05, 0) is 17.2 Å². The van der Waals surface area contributed by atoms with Crippen LogP contribution in [-0.2, 0) is 4.74 Å². The quantitative estimate of drug-likeness (QED) is 0.414. The van der Waals surface area contributed by atoms with Crippen molar-refractivity contribution in [1.82, 2.24) is 14.6 Å². The lowest BCUT2D eigenvalue weighted by atomic mass is 9.92. The largest absolute Gasteiger partial charge is 0.502 e. The minimum atomic E-state index is -0.992. The van der Waals surface area contributed by atoms with Crippen molar-refractivity contribution in [2.75, 3.05) is 24.8 Å². The van der Waals surface area contributed by atoms with Crippen LogP contribution < -0.4 is 10.4 Å². The molecule has 0 spiro atoms. The highest BCUT2D eigenvalue weighted by Gasteiger charge is 2.46. The molecule has 7 rings (SSSR count). The summed E-state index contributed by atoms with van der Waals surface area (Å²) < 4.78 is 37.4. The van der Waals surface area contributed by atoms with Gasteiger partial charge in [-0.1, -0.05) is 30.3 Å². The fourth-order valence-corrected chi connectivity index (χ4v) is 6.44. The maximum Gasteiger partial charge on any atom is 0.278 e. The number of amides is 1. The summed E-state index contributed by atoms with van der Waals surface area (Å²) in [6, 6.07) is 10.5. The van der Waals surface area contributed by atoms with Gasteiger partial charge < -0.3 is 14.7 Å². The molecule has 186 valence electrons. The summed E-state index contributed by atoms with van der Waals surface area (Å²) in [5.41, 5.74) is 3.27. The molecule has 11 heteroatoms. The lowest BCUT2D eigenvalue weighted by Crippen LogP contribution is -2.66. The molecule has 4 aromatic rings. The van der Waals surface area contributed by atoms with Crippen molar-refractivity contribution in [3.05, 3.63) is 92.9 Å². The second kappa shape index (κ2) is 7.95. The van der Waals surface area contributed by atoms with Crippen LogP contribution in [-0.4, -0.2) is 51.5 Å². The predicted molar refractivity (Wildman–Crippen MR) is 131 cm³/mol. The summed E-state index contributed by atoms with van der Waals surface area (Å²) in [4.78, 5) is 32.3. The predicted octanol–water partition coefficient (Wildman–Crippen LogP) is 3.48. The van der Waals surface area contributed by atoms with E-state index in [2.05, 4.69) is 4.98 Å². The van der Waals surface area contributed by atoms with Crippen molar-refractivity contribution in [2.45, 2.75) is 12.2 Å². The average Bonchev–Trinajstić information content (AvgIpc) is 3.35. The van der Waals surface area contributed by atoms with Gasteiger partial charge in [-0.3, -0.25) is 19.3 Å². The Hall–Kier alpha value is -4.09. The molecule has 2 atom stereocenters. The number of ether oxygens (including phenoxy) is 1. The lowest BCUT2D eigenvalue weighted by Gasteiger charge is -2.51. The number of aromatic nitrogens is 2. The van der Waals surface area contributed by atoms with Crippen molar-refractivity contribution >= 4 is 17.2 Å². The number of carbonyl (C=O) groups is 1. The van der Waals surface area contributed by atoms with E-state index in [4.69, 9.17) is 4.74 Å². The van der Waals surface area contributed by atoms with Crippen LogP contribution in [0.15, 0.2) is 59.0 Å². The molecule has 1 aliphatic carbocycles. The first-order valence-electron chi connectivity index (χ1n) is 11.6. The number of halogens is 2. The monoisotopic (exact) mass is 520 g/mol. The van der Waals surface area contributed by atoms with Crippen LogP contribution in [0.4, 0.5) is 8.78 Å². The molecule has 2 aromatic carbocycles. The highest BCUT2D eigenvalue weighted by atomic mass is 32.1. The highest BCUT2D eigenvalue weighted by molar-refractivity contribution is 7.13. The molecule has 0 radical (unpaired) electrons. The summed E-state index contributed by atoms with van der Waals surface area (Å²) in [6.07, 6.45) is 0.765. The molecule has 4 heterocycles. The molecule has 3 aliphatic rings. The van der Waals surface area contributed by atoms with E-state index in [-0.39, 0.29) is 31.0 Å². The summed E-state index contributed by atoms with van der Waals surface area (Å²) >= 11 is 1.22. The van der Waals surface area contributed by atoms with E-state index in [9.17, 15) is 19.1 Å². The van der Waals surface area contributed by atoms with Crippen LogP contribution in [0.5, 0.6) is 5.75 Å². The van der Waals surface area contributed by atoms with Gasteiger partial charge in [0.05, 0.1) is 35.3 Å². The molecule has 1 fully saturated rings. The van der Waals surface area contributed by atoms with Crippen LogP contribution in [0.1, 0.15) is 27.7 Å². The maximum atomic E-state index is 15.6. The topological polar surface area (TPSA) is 87.9 Å². The van der Waals surface area contributed by atoms with Crippen LogP contribution >= 0.6 is 11.3 Å². The zero-order valence-electron chi connectivity index (χ0n) is 19.1. The summed E-state index contributed by atoms with van der Waals surface area (Å²) in [7, 11) is 0. The van der Waals surface area contributed by atoms with Crippen LogP contribution in [0.3, 0.4) is 0 Å². The molecule has 2 unspecified atom stereocenters. The number of morpholine rings is 1. The molecule has 0 saturated carbocycles. The molecule has 8 nitrogen and oxygen atoms in total. The molecule has 1 saturated heterocycles. The van der Waals surface area contributed by atoms with Gasteiger partial charge in [-0.15, -0.1) is 11.3 Å². The number of thiazole rings is 1. The van der Waals surface area contributed by atoms with Crippen LogP contribution in [0, 0.1) is 11.6 Å². The minimum Gasteiger partial charge on any atom is -0.502 e. The van der Waals surface area contributed by atoms with E-state index >= 15 is 4.39 Å². The molecule has 37 heavy (non-hydrogen) atoms. The SMILES string of the molecule is O=C1c2c(O)c(=O)ccn2N(C2c3ccccc3-c3ncsc3-c3c2ccc(F)c3F)C2COCCN12. The Labute approximate surface area is 212 Å². The Morgan fingerprint density at radius 2 is 1.92 bits per heavy atom. The fraction of sp³-hybridized carbons (Fsp3) is 0.192. The number of carbonyl (C=O) groups excluding carboxylic acids is 1. The third-order valence-corrected chi connectivity index (χ3v) is 8.01. The Morgan fingerprint density at radius 3 is 2.78 bits per heavy atom. The zero-order chi connectivity index (χ0) is 25.4. The molecule has 2 aromatic heterocycles. The van der Waals surface area contributed by atoms with E-state index in [1.807, 2.05) is 24.3 Å². The van der Waals surface area contributed by atoms with Crippen molar-refractivity contribution < 1.29 is 23.4 Å². The van der Waals surface area contributed by atoms with E-state index in [1.165, 1.54) is 34.3 Å². The van der Waals surface area contributed by atoms with Gasteiger partial charge in [0.2, 0.25) is 5.43 Å². The number of benzene rings is 2. The smallest absolute Gasteiger partial charge is 0.278 e. The number of hydrogen-bond donors (Lipinski definition) is 1. The van der Waals surface area contributed by atoms with Gasteiger partial charge in [0, 0.05) is 29.9 Å². The average molecular weight is 521 g/mol. The molecular formula is C26H18F2N4O4S. The van der Waals surface area contributed by atoms with Crippen molar-refractivity contribution in [3.8, 4) is 27.4 Å². The van der Waals surface area contributed by atoms with E-state index < -0.39 is 40.9 Å². The number of pyridine rings is 1. The first kappa shape index (κ1) is 22.1. The molecule has 1 N–H and O–H groups in total. The van der Waals surface area contributed by atoms with E-state index in [0.717, 1.165) is 17.2 Å². The fourth-order valence-electron chi connectivity index (χ4n) is 5.57. The van der Waals surface area contributed by atoms with Gasteiger partial charge in [-0.25, -0.2) is 13.8 Å². The van der Waals surface area contributed by atoms with E-state index in [1.54, 1.807) is 15.4 Å². The Kier molecular flexibility index (Phi) is 4.76. The first-order valence-corrected chi connectivity index (χ1v) is 12.5. The number of hydrogen-bond acceptors (Lipinski definition) is 7. The Bertz CT molecular complexity index is 1670. The van der Waals surface area contributed by atoms with Gasteiger partial charge in [-0.2, -0.15) is 0 Å². The van der Waals surface area contributed by atoms with Gasteiger partial charge in [0.15, 0.2) is 23.1 Å². The number of fused-ring (bicyclic) bond motifs is 7. The number of rotatable bonds is 1. The van der Waals surface area contributed by atoms with Gasteiger partial charge >= 0.3 is 0 Å². The van der Waals surface area contributed by atoms with Crippen molar-refractivity contribution in [2.24, 2.45) is 0 Å². The normalized spacial score (nSPS) is 19.9. The molecule has 2 aliphatic heterocycles. The standard InChI is InChI=1S/C26H18F2N4O4S/c27-16-6-5-15-19(20(16)28)25-21(29-12-37-25)13-3-1-2-4-14(13)22(15)32-18-11-36-10-9-30(18)26(35)23-24(34)17(33)7-8-31(23)32/h1-8,12,18,22,34H,9-11H2. The van der Waals surface area contributed by atoms with E-state index in [0.29, 0.717) is 16.1 Å². The summed E-state index contributed by atoms with van der Waals surface area (Å²) in [5.74, 6) is -3.15. The maximum absolute atomic E-state index is 15.6. The van der Waals surface area contributed by atoms with Crippen LogP contribution in [0.2, 0.25) is 0 Å². The Balaban J connectivity index is 1.59. The highest BCUT2D eigenvalue weighted by Crippen LogP contribution is 2.50. The summed E-state index contributed by atoms with van der Waals surface area (Å²) in [5, 5.41) is 12.5.